The molecule has 0 amide bonds. The van der Waals surface area contributed by atoms with Gasteiger partial charge >= 0.3 is 5.97 Å². The van der Waals surface area contributed by atoms with Gasteiger partial charge in [-0.3, -0.25) is 4.79 Å². The summed E-state index contributed by atoms with van der Waals surface area (Å²) in [6.45, 7) is 0. The van der Waals surface area contributed by atoms with Crippen LogP contribution < -0.4 is 0 Å². The molecule has 1 aliphatic carbocycles. The quantitative estimate of drug-likeness (QED) is 0.687. The van der Waals surface area contributed by atoms with Crippen LogP contribution in [0.1, 0.15) is 32.1 Å². The van der Waals surface area contributed by atoms with E-state index in [1.165, 1.54) is 13.4 Å². The summed E-state index contributed by atoms with van der Waals surface area (Å²) in [5.41, 5.74) is -0.777. The zero-order chi connectivity index (χ0) is 11.5. The van der Waals surface area contributed by atoms with Crippen molar-refractivity contribution in [1.82, 2.24) is 0 Å². The summed E-state index contributed by atoms with van der Waals surface area (Å²) in [6.07, 6.45) is 5.32. The summed E-state index contributed by atoms with van der Waals surface area (Å²) >= 11 is 0. The number of hydrogen-bond acceptors (Lipinski definition) is 4. The minimum atomic E-state index is -3.14. The minimum absolute atomic E-state index is 0.0767. The van der Waals surface area contributed by atoms with Crippen LogP contribution in [0.5, 0.6) is 0 Å². The van der Waals surface area contributed by atoms with Crippen LogP contribution in [0.25, 0.3) is 0 Å². The van der Waals surface area contributed by atoms with E-state index in [1.54, 1.807) is 0 Å². The highest BCUT2D eigenvalue weighted by Gasteiger charge is 2.43. The van der Waals surface area contributed by atoms with Crippen LogP contribution in [0.3, 0.4) is 0 Å². The van der Waals surface area contributed by atoms with Crippen molar-refractivity contribution >= 4 is 15.8 Å². The predicted octanol–water partition coefficient (Wildman–Crippen LogP) is 1.15. The highest BCUT2D eigenvalue weighted by molar-refractivity contribution is 7.90. The molecule has 5 heteroatoms. The standard InChI is InChI=1S/C10H18O4S/c1-14-9(11)10(8-15(2,12)13)6-4-3-5-7-10/h3-8H2,1-2H3. The van der Waals surface area contributed by atoms with Gasteiger partial charge in [0.15, 0.2) is 0 Å². The van der Waals surface area contributed by atoms with Crippen molar-refractivity contribution in [3.8, 4) is 0 Å². The highest BCUT2D eigenvalue weighted by atomic mass is 32.2. The lowest BCUT2D eigenvalue weighted by atomic mass is 9.75. The molecule has 0 radical (unpaired) electrons. The molecule has 0 aliphatic heterocycles. The smallest absolute Gasteiger partial charge is 0.312 e. The van der Waals surface area contributed by atoms with E-state index >= 15 is 0 Å². The van der Waals surface area contributed by atoms with Gasteiger partial charge in [-0.15, -0.1) is 0 Å². The molecule has 0 aromatic rings. The van der Waals surface area contributed by atoms with Crippen molar-refractivity contribution in [2.24, 2.45) is 5.41 Å². The van der Waals surface area contributed by atoms with Gasteiger partial charge in [0, 0.05) is 6.26 Å². The maximum absolute atomic E-state index is 11.7. The monoisotopic (exact) mass is 234 g/mol. The summed E-state index contributed by atoms with van der Waals surface area (Å²) in [7, 11) is -1.82. The Morgan fingerprint density at radius 1 is 1.27 bits per heavy atom. The summed E-state index contributed by atoms with van der Waals surface area (Å²) in [4.78, 5) is 11.7. The predicted molar refractivity (Wildman–Crippen MR) is 57.2 cm³/mol. The van der Waals surface area contributed by atoms with Gasteiger partial charge in [-0.25, -0.2) is 8.42 Å². The number of carbonyl (C=O) groups excluding carboxylic acids is 1. The molecule has 0 N–H and O–H groups in total. The number of methoxy groups -OCH3 is 1. The largest absolute Gasteiger partial charge is 0.469 e. The second kappa shape index (κ2) is 4.51. The van der Waals surface area contributed by atoms with E-state index in [1.807, 2.05) is 0 Å². The fourth-order valence-electron chi connectivity index (χ4n) is 2.35. The van der Waals surface area contributed by atoms with Gasteiger partial charge in [0.05, 0.1) is 18.3 Å². The molecule has 4 nitrogen and oxygen atoms in total. The van der Waals surface area contributed by atoms with E-state index in [2.05, 4.69) is 0 Å². The first-order valence-electron chi connectivity index (χ1n) is 5.16. The molecule has 0 spiro atoms. The van der Waals surface area contributed by atoms with Crippen LogP contribution in [-0.4, -0.2) is 33.5 Å². The highest BCUT2D eigenvalue weighted by Crippen LogP contribution is 2.38. The SMILES string of the molecule is COC(=O)C1(CS(C)(=O)=O)CCCCC1. The van der Waals surface area contributed by atoms with Crippen molar-refractivity contribution in [2.45, 2.75) is 32.1 Å². The number of esters is 1. The molecule has 0 saturated heterocycles. The molecule has 1 saturated carbocycles. The van der Waals surface area contributed by atoms with Crippen molar-refractivity contribution in [1.29, 1.82) is 0 Å². The molecule has 15 heavy (non-hydrogen) atoms. The molecule has 88 valence electrons. The molecule has 0 unspecified atom stereocenters. The lowest BCUT2D eigenvalue weighted by molar-refractivity contribution is -0.153. The Morgan fingerprint density at radius 2 is 1.80 bits per heavy atom. The number of ether oxygens (including phenoxy) is 1. The lowest BCUT2D eigenvalue weighted by Crippen LogP contribution is -2.40. The Balaban J connectivity index is 2.90. The van der Waals surface area contributed by atoms with Crippen LogP contribution >= 0.6 is 0 Å². The van der Waals surface area contributed by atoms with Gasteiger partial charge in [-0.05, 0) is 12.8 Å². The second-order valence-electron chi connectivity index (χ2n) is 4.40. The zero-order valence-electron chi connectivity index (χ0n) is 9.28. The van der Waals surface area contributed by atoms with Gasteiger partial charge in [-0.1, -0.05) is 19.3 Å². The molecule has 1 rings (SSSR count). The van der Waals surface area contributed by atoms with E-state index < -0.39 is 15.3 Å². The molecule has 1 aliphatic rings. The van der Waals surface area contributed by atoms with E-state index in [-0.39, 0.29) is 11.7 Å². The van der Waals surface area contributed by atoms with Crippen molar-refractivity contribution in [3.63, 3.8) is 0 Å². The van der Waals surface area contributed by atoms with Gasteiger partial charge in [-0.2, -0.15) is 0 Å². The van der Waals surface area contributed by atoms with Crippen molar-refractivity contribution in [2.75, 3.05) is 19.1 Å². The number of rotatable bonds is 3. The summed E-state index contributed by atoms with van der Waals surface area (Å²) in [5.74, 6) is -0.445. The Hall–Kier alpha value is -0.580. The van der Waals surface area contributed by atoms with E-state index in [0.717, 1.165) is 19.3 Å². The first-order valence-corrected chi connectivity index (χ1v) is 7.22. The average Bonchev–Trinajstić information content (AvgIpc) is 2.15. The Kier molecular flexibility index (Phi) is 3.76. The van der Waals surface area contributed by atoms with Gasteiger partial charge in [0.25, 0.3) is 0 Å². The van der Waals surface area contributed by atoms with Crippen LogP contribution in [0, 0.1) is 5.41 Å². The Morgan fingerprint density at radius 3 is 2.20 bits per heavy atom. The molecule has 0 aromatic heterocycles. The number of sulfone groups is 1. The molecule has 1 fully saturated rings. The molecule has 0 bridgehead atoms. The summed E-state index contributed by atoms with van der Waals surface area (Å²) in [6, 6.07) is 0. The van der Waals surface area contributed by atoms with Crippen molar-refractivity contribution in [3.05, 3.63) is 0 Å². The first-order chi connectivity index (χ1) is 6.90. The van der Waals surface area contributed by atoms with E-state index in [0.29, 0.717) is 12.8 Å². The normalized spacial score (nSPS) is 20.9. The van der Waals surface area contributed by atoms with Gasteiger partial charge in [0.2, 0.25) is 0 Å². The molecular formula is C10H18O4S. The van der Waals surface area contributed by atoms with Crippen LogP contribution in [0.2, 0.25) is 0 Å². The van der Waals surface area contributed by atoms with Crippen LogP contribution in [0.4, 0.5) is 0 Å². The third-order valence-electron chi connectivity index (χ3n) is 2.97. The third kappa shape index (κ3) is 3.19. The molecule has 0 atom stereocenters. The fourth-order valence-corrected chi connectivity index (χ4v) is 3.76. The fraction of sp³-hybridized carbons (Fsp3) is 0.900. The maximum atomic E-state index is 11.7. The second-order valence-corrected chi connectivity index (χ2v) is 6.54. The molecule has 0 aromatic carbocycles. The topological polar surface area (TPSA) is 60.4 Å². The van der Waals surface area contributed by atoms with Crippen LogP contribution in [0.15, 0.2) is 0 Å². The number of carbonyl (C=O) groups is 1. The lowest BCUT2D eigenvalue weighted by Gasteiger charge is -2.33. The Labute approximate surface area is 90.9 Å². The van der Waals surface area contributed by atoms with Gasteiger partial charge < -0.3 is 4.74 Å². The molecule has 0 heterocycles. The van der Waals surface area contributed by atoms with Gasteiger partial charge in [0.1, 0.15) is 9.84 Å². The minimum Gasteiger partial charge on any atom is -0.469 e. The maximum Gasteiger partial charge on any atom is 0.312 e. The Bertz CT molecular complexity index is 325. The zero-order valence-corrected chi connectivity index (χ0v) is 10.1. The summed E-state index contributed by atoms with van der Waals surface area (Å²) < 4.78 is 27.4. The van der Waals surface area contributed by atoms with Crippen molar-refractivity contribution < 1.29 is 17.9 Å². The average molecular weight is 234 g/mol. The molecular weight excluding hydrogens is 216 g/mol. The first kappa shape index (κ1) is 12.5. The number of hydrogen-bond donors (Lipinski definition) is 0. The van der Waals surface area contributed by atoms with E-state index in [9.17, 15) is 13.2 Å². The third-order valence-corrected chi connectivity index (χ3v) is 4.04. The van der Waals surface area contributed by atoms with E-state index in [4.69, 9.17) is 4.74 Å². The van der Waals surface area contributed by atoms with Crippen LogP contribution in [-0.2, 0) is 19.4 Å². The summed E-state index contributed by atoms with van der Waals surface area (Å²) in [5, 5.41) is 0.